The van der Waals surface area contributed by atoms with E-state index in [2.05, 4.69) is 104 Å². The minimum Gasteiger partial charge on any atom is -0.381 e. The van der Waals surface area contributed by atoms with E-state index < -0.39 is 8.72 Å². The third-order valence-electron chi connectivity index (χ3n) is 5.76. The molecule has 2 rings (SSSR count). The van der Waals surface area contributed by atoms with Crippen molar-refractivity contribution < 1.29 is 8.85 Å². The van der Waals surface area contributed by atoms with E-state index in [1.54, 1.807) is 14.2 Å². The molecule has 0 aliphatic heterocycles. The highest BCUT2D eigenvalue weighted by molar-refractivity contribution is 6.73. The SMILES string of the molecule is CO[Si](Nc1cc(C(C)(C)C)ccc1C(C)(C)C)(OC)C1C=CC(C(C)(C)C)=C1. The zero-order valence-electron chi connectivity index (χ0n) is 20.4. The summed E-state index contributed by atoms with van der Waals surface area (Å²) < 4.78 is 12.3. The van der Waals surface area contributed by atoms with Gasteiger partial charge in [0.15, 0.2) is 0 Å². The number of rotatable bonds is 5. The van der Waals surface area contributed by atoms with Crippen LogP contribution in [0.15, 0.2) is 42.0 Å². The molecular formula is C25H41NO2Si. The number of allylic oxidation sites excluding steroid dienone is 4. The van der Waals surface area contributed by atoms with Gasteiger partial charge in [-0.25, -0.2) is 0 Å². The number of hydrogen-bond acceptors (Lipinski definition) is 3. The highest BCUT2D eigenvalue weighted by Crippen LogP contribution is 2.41. The lowest BCUT2D eigenvalue weighted by Gasteiger charge is -2.35. The van der Waals surface area contributed by atoms with Crippen molar-refractivity contribution >= 4 is 14.4 Å². The molecule has 0 amide bonds. The Bertz CT molecular complexity index is 785. The molecule has 1 N–H and O–H groups in total. The molecule has 1 atom stereocenters. The molecule has 0 fully saturated rings. The first-order valence-corrected chi connectivity index (χ1v) is 12.5. The highest BCUT2D eigenvalue weighted by Gasteiger charge is 2.46. The average Bonchev–Trinajstić information content (AvgIpc) is 3.09. The third kappa shape index (κ3) is 5.22. The summed E-state index contributed by atoms with van der Waals surface area (Å²) in [6, 6.07) is 6.80. The molecular weight excluding hydrogens is 374 g/mol. The van der Waals surface area contributed by atoms with Crippen LogP contribution in [0, 0.1) is 5.41 Å². The average molecular weight is 416 g/mol. The molecule has 162 valence electrons. The van der Waals surface area contributed by atoms with Gasteiger partial charge in [-0.3, -0.25) is 0 Å². The van der Waals surface area contributed by atoms with Gasteiger partial charge < -0.3 is 13.8 Å². The van der Waals surface area contributed by atoms with Crippen molar-refractivity contribution in [2.45, 2.75) is 78.7 Å². The fourth-order valence-corrected chi connectivity index (χ4v) is 6.16. The Morgan fingerprint density at radius 2 is 1.41 bits per heavy atom. The second-order valence-corrected chi connectivity index (χ2v) is 14.3. The Hall–Kier alpha value is -1.36. The summed E-state index contributed by atoms with van der Waals surface area (Å²) in [6.07, 6.45) is 6.77. The standard InChI is InChI=1S/C25H41NO2Si/c1-23(2,3)18-12-14-20(16-18)29(27-10,28-11)26-22-17-19(24(4,5)6)13-15-21(22)25(7,8)9/h12-17,20,26H,1-11H3. The molecule has 0 heterocycles. The van der Waals surface area contributed by atoms with E-state index in [4.69, 9.17) is 8.85 Å². The molecule has 1 aromatic rings. The van der Waals surface area contributed by atoms with E-state index in [0.717, 1.165) is 5.69 Å². The van der Waals surface area contributed by atoms with Crippen LogP contribution in [0.25, 0.3) is 0 Å². The van der Waals surface area contributed by atoms with Crippen LogP contribution in [0.2, 0.25) is 5.54 Å². The smallest absolute Gasteiger partial charge is 0.381 e. The van der Waals surface area contributed by atoms with Crippen LogP contribution in [0.4, 0.5) is 5.69 Å². The van der Waals surface area contributed by atoms with E-state index in [9.17, 15) is 0 Å². The summed E-state index contributed by atoms with van der Waals surface area (Å²) in [5, 5.41) is 0. The molecule has 0 bridgehead atoms. The van der Waals surface area contributed by atoms with Crippen LogP contribution >= 0.6 is 0 Å². The Morgan fingerprint density at radius 1 is 0.828 bits per heavy atom. The Labute approximate surface area is 179 Å². The van der Waals surface area contributed by atoms with Gasteiger partial charge in [0, 0.05) is 19.9 Å². The van der Waals surface area contributed by atoms with Crippen LogP contribution in [0.5, 0.6) is 0 Å². The minimum absolute atomic E-state index is 0.0122. The number of benzene rings is 1. The molecule has 0 spiro atoms. The lowest BCUT2D eigenvalue weighted by Crippen LogP contribution is -2.52. The van der Waals surface area contributed by atoms with Crippen LogP contribution in [-0.2, 0) is 19.7 Å². The first kappa shape index (κ1) is 23.9. The maximum Gasteiger partial charge on any atom is 0.467 e. The van der Waals surface area contributed by atoms with Gasteiger partial charge in [0.2, 0.25) is 0 Å². The van der Waals surface area contributed by atoms with Crippen LogP contribution in [0.3, 0.4) is 0 Å². The minimum atomic E-state index is -2.78. The van der Waals surface area contributed by atoms with Gasteiger partial charge in [-0.1, -0.05) is 92.7 Å². The predicted octanol–water partition coefficient (Wildman–Crippen LogP) is 6.84. The second-order valence-electron chi connectivity index (χ2n) is 11.2. The number of anilines is 1. The van der Waals surface area contributed by atoms with Gasteiger partial charge in [0.1, 0.15) is 0 Å². The van der Waals surface area contributed by atoms with E-state index in [1.807, 2.05) is 0 Å². The molecule has 4 heteroatoms. The molecule has 3 nitrogen and oxygen atoms in total. The quantitative estimate of drug-likeness (QED) is 0.534. The molecule has 0 saturated heterocycles. The predicted molar refractivity (Wildman–Crippen MR) is 128 cm³/mol. The topological polar surface area (TPSA) is 30.5 Å². The fourth-order valence-electron chi connectivity index (χ4n) is 3.75. The normalized spacial score (nSPS) is 18.2. The van der Waals surface area contributed by atoms with Crippen molar-refractivity contribution in [2.75, 3.05) is 19.2 Å². The van der Waals surface area contributed by atoms with Gasteiger partial charge in [-0.2, -0.15) is 0 Å². The Kier molecular flexibility index (Phi) is 6.64. The Balaban J connectivity index is 2.55. The summed E-state index contributed by atoms with van der Waals surface area (Å²) in [5.41, 5.74) is 5.32. The summed E-state index contributed by atoms with van der Waals surface area (Å²) >= 11 is 0. The van der Waals surface area contributed by atoms with Crippen LogP contribution < -0.4 is 4.98 Å². The maximum atomic E-state index is 6.14. The molecule has 1 aliphatic carbocycles. The van der Waals surface area contributed by atoms with Crippen molar-refractivity contribution in [1.29, 1.82) is 0 Å². The lowest BCUT2D eigenvalue weighted by molar-refractivity contribution is 0.247. The largest absolute Gasteiger partial charge is 0.467 e. The van der Waals surface area contributed by atoms with Crippen LogP contribution in [0.1, 0.15) is 73.4 Å². The van der Waals surface area contributed by atoms with Crippen molar-refractivity contribution in [3.63, 3.8) is 0 Å². The Morgan fingerprint density at radius 3 is 1.83 bits per heavy atom. The highest BCUT2D eigenvalue weighted by atomic mass is 28.4. The van der Waals surface area contributed by atoms with Crippen molar-refractivity contribution in [1.82, 2.24) is 0 Å². The third-order valence-corrected chi connectivity index (χ3v) is 8.82. The molecule has 29 heavy (non-hydrogen) atoms. The number of nitrogens with one attached hydrogen (secondary N) is 1. The van der Waals surface area contributed by atoms with Gasteiger partial charge in [0.25, 0.3) is 0 Å². The van der Waals surface area contributed by atoms with Crippen molar-refractivity contribution in [3.8, 4) is 0 Å². The van der Waals surface area contributed by atoms with Gasteiger partial charge in [0.05, 0.1) is 5.54 Å². The van der Waals surface area contributed by atoms with Crippen molar-refractivity contribution in [2.24, 2.45) is 5.41 Å². The first-order chi connectivity index (χ1) is 13.1. The molecule has 1 aromatic carbocycles. The van der Waals surface area contributed by atoms with Gasteiger partial charge in [-0.05, 0) is 39.0 Å². The zero-order chi connectivity index (χ0) is 22.3. The molecule has 0 radical (unpaired) electrons. The van der Waals surface area contributed by atoms with Crippen molar-refractivity contribution in [3.05, 3.63) is 53.1 Å². The van der Waals surface area contributed by atoms with Gasteiger partial charge >= 0.3 is 8.72 Å². The molecule has 0 saturated carbocycles. The first-order valence-electron chi connectivity index (χ1n) is 10.6. The zero-order valence-corrected chi connectivity index (χ0v) is 21.4. The fraction of sp³-hybridized carbons (Fsp3) is 0.600. The van der Waals surface area contributed by atoms with E-state index in [0.29, 0.717) is 0 Å². The molecule has 0 aromatic heterocycles. The summed E-state index contributed by atoms with van der Waals surface area (Å²) in [7, 11) is 0.758. The monoisotopic (exact) mass is 415 g/mol. The molecule has 1 unspecified atom stereocenters. The summed E-state index contributed by atoms with van der Waals surface area (Å²) in [5.74, 6) is 0. The van der Waals surface area contributed by atoms with Gasteiger partial charge in [-0.15, -0.1) is 0 Å². The van der Waals surface area contributed by atoms with E-state index in [-0.39, 0.29) is 21.8 Å². The summed E-state index contributed by atoms with van der Waals surface area (Å²) in [6.45, 7) is 20.2. The van der Waals surface area contributed by atoms with Crippen LogP contribution in [-0.4, -0.2) is 22.9 Å². The molecule has 1 aliphatic rings. The maximum absolute atomic E-state index is 6.14. The number of hydrogen-bond donors (Lipinski definition) is 1. The summed E-state index contributed by atoms with van der Waals surface area (Å²) in [4.78, 5) is 3.79. The van der Waals surface area contributed by atoms with E-state index >= 15 is 0 Å². The second kappa shape index (κ2) is 8.05. The van der Waals surface area contributed by atoms with E-state index in [1.165, 1.54) is 16.7 Å². The lowest BCUT2D eigenvalue weighted by atomic mass is 9.81.